The summed E-state index contributed by atoms with van der Waals surface area (Å²) in [5, 5.41) is 2.78. The van der Waals surface area contributed by atoms with Crippen LogP contribution in [0.15, 0.2) is 84.9 Å². The first kappa shape index (κ1) is 16.1. The molecule has 0 saturated carbocycles. The molecule has 0 radical (unpaired) electrons. The second kappa shape index (κ2) is 5.14. The Hall–Kier alpha value is -2.86. The molecule has 0 amide bonds. The van der Waals surface area contributed by atoms with E-state index in [0.717, 1.165) is 0 Å². The van der Waals surface area contributed by atoms with Gasteiger partial charge in [-0.3, -0.25) is 0 Å². The van der Waals surface area contributed by atoms with Gasteiger partial charge in [0.05, 0.1) is 5.41 Å². The fourth-order valence-electron chi connectivity index (χ4n) is 6.33. The Bertz CT molecular complexity index is 1250. The first-order valence-corrected chi connectivity index (χ1v) is 10.3. The molecular formula is C28H24. The van der Waals surface area contributed by atoms with Crippen LogP contribution in [-0.4, -0.2) is 0 Å². The van der Waals surface area contributed by atoms with Gasteiger partial charge >= 0.3 is 0 Å². The highest BCUT2D eigenvalue weighted by Crippen LogP contribution is 2.68. The van der Waals surface area contributed by atoms with E-state index in [-0.39, 0.29) is 10.8 Å². The molecule has 28 heavy (non-hydrogen) atoms. The Morgan fingerprint density at radius 3 is 2.04 bits per heavy atom. The van der Waals surface area contributed by atoms with Crippen LogP contribution in [0.1, 0.15) is 48.9 Å². The van der Waals surface area contributed by atoms with E-state index in [9.17, 15) is 0 Å². The molecule has 0 fully saturated rings. The molecule has 136 valence electrons. The first-order chi connectivity index (χ1) is 13.6. The van der Waals surface area contributed by atoms with Crippen molar-refractivity contribution in [1.29, 1.82) is 0 Å². The molecule has 0 bridgehead atoms. The zero-order valence-corrected chi connectivity index (χ0v) is 16.7. The Balaban J connectivity index is 1.92. The van der Waals surface area contributed by atoms with Crippen LogP contribution in [0, 0.1) is 5.41 Å². The van der Waals surface area contributed by atoms with Crippen molar-refractivity contribution in [2.45, 2.75) is 32.1 Å². The van der Waals surface area contributed by atoms with Crippen molar-refractivity contribution >= 4 is 10.8 Å². The van der Waals surface area contributed by atoms with Crippen LogP contribution >= 0.6 is 0 Å². The lowest BCUT2D eigenvalue weighted by Gasteiger charge is -2.49. The molecule has 0 N–H and O–H groups in total. The van der Waals surface area contributed by atoms with Gasteiger partial charge < -0.3 is 0 Å². The summed E-state index contributed by atoms with van der Waals surface area (Å²) in [7, 11) is 0. The summed E-state index contributed by atoms with van der Waals surface area (Å²) in [4.78, 5) is 0. The second-order valence-electron chi connectivity index (χ2n) is 9.04. The van der Waals surface area contributed by atoms with E-state index < -0.39 is 0 Å². The van der Waals surface area contributed by atoms with E-state index in [1.165, 1.54) is 44.2 Å². The van der Waals surface area contributed by atoms with Crippen molar-refractivity contribution in [1.82, 2.24) is 0 Å². The summed E-state index contributed by atoms with van der Waals surface area (Å²) >= 11 is 0. The molecule has 6 rings (SSSR count). The molecule has 1 unspecified atom stereocenters. The molecule has 2 aliphatic carbocycles. The zero-order valence-electron chi connectivity index (χ0n) is 16.7. The summed E-state index contributed by atoms with van der Waals surface area (Å²) in [6.07, 6.45) is 0. The molecule has 1 spiro atoms. The van der Waals surface area contributed by atoms with Crippen molar-refractivity contribution in [3.63, 3.8) is 0 Å². The lowest BCUT2D eigenvalue weighted by Crippen LogP contribution is -2.43. The number of rotatable bonds is 0. The van der Waals surface area contributed by atoms with Crippen LogP contribution in [0.3, 0.4) is 0 Å². The van der Waals surface area contributed by atoms with E-state index in [2.05, 4.69) is 106 Å². The third-order valence-corrected chi connectivity index (χ3v) is 7.81. The van der Waals surface area contributed by atoms with Gasteiger partial charge in [0, 0.05) is 0 Å². The molecule has 0 saturated heterocycles. The van der Waals surface area contributed by atoms with Gasteiger partial charge in [-0.25, -0.2) is 0 Å². The van der Waals surface area contributed by atoms with Gasteiger partial charge in [0.25, 0.3) is 0 Å². The minimum atomic E-state index is -0.131. The molecule has 0 heteroatoms. The maximum Gasteiger partial charge on any atom is 0.0523 e. The monoisotopic (exact) mass is 360 g/mol. The van der Waals surface area contributed by atoms with Crippen molar-refractivity contribution in [2.75, 3.05) is 0 Å². The number of benzene rings is 4. The Labute approximate surface area is 166 Å². The van der Waals surface area contributed by atoms with Crippen LogP contribution in [0.2, 0.25) is 0 Å². The number of hydrogen-bond acceptors (Lipinski definition) is 0. The summed E-state index contributed by atoms with van der Waals surface area (Å²) in [6, 6.07) is 31.9. The Morgan fingerprint density at radius 1 is 0.607 bits per heavy atom. The number of fused-ring (bicyclic) bond motifs is 6. The van der Waals surface area contributed by atoms with E-state index in [1.54, 1.807) is 0 Å². The molecule has 0 heterocycles. The zero-order chi connectivity index (χ0) is 19.1. The molecule has 4 aromatic rings. The summed E-state index contributed by atoms with van der Waals surface area (Å²) < 4.78 is 0. The second-order valence-corrected chi connectivity index (χ2v) is 9.04. The maximum atomic E-state index is 2.47. The molecule has 0 aromatic heterocycles. The minimum absolute atomic E-state index is 0.0641. The minimum Gasteiger partial charge on any atom is -0.0620 e. The average Bonchev–Trinajstić information content (AvgIpc) is 2.91. The summed E-state index contributed by atoms with van der Waals surface area (Å²) in [5.74, 6) is 0.484. The third-order valence-electron chi connectivity index (χ3n) is 7.81. The standard InChI is InChI=1S/C28H24/c1-18-20-12-4-6-15-23(20)28(27(18,2)3)24-16-7-5-13-21(24)22-14-8-10-19-11-9-17-25(28)26(19)22/h4-18H,1-3H3/t18-,28?/m1/s1. The van der Waals surface area contributed by atoms with Crippen molar-refractivity contribution in [3.8, 4) is 11.1 Å². The highest BCUT2D eigenvalue weighted by atomic mass is 14.6. The molecule has 0 aliphatic heterocycles. The lowest BCUT2D eigenvalue weighted by molar-refractivity contribution is 0.229. The van der Waals surface area contributed by atoms with E-state index in [1.807, 2.05) is 0 Å². The molecule has 2 atom stereocenters. The molecule has 0 nitrogen and oxygen atoms in total. The van der Waals surface area contributed by atoms with Crippen LogP contribution in [0.4, 0.5) is 0 Å². The van der Waals surface area contributed by atoms with Gasteiger partial charge in [0.15, 0.2) is 0 Å². The molecule has 2 aliphatic rings. The first-order valence-electron chi connectivity index (χ1n) is 10.3. The summed E-state index contributed by atoms with van der Waals surface area (Å²) in [5.41, 5.74) is 8.62. The van der Waals surface area contributed by atoms with Gasteiger partial charge in [-0.1, -0.05) is 106 Å². The topological polar surface area (TPSA) is 0 Å². The van der Waals surface area contributed by atoms with Crippen LogP contribution in [0.5, 0.6) is 0 Å². The Morgan fingerprint density at radius 2 is 1.21 bits per heavy atom. The quantitative estimate of drug-likeness (QED) is 0.309. The summed E-state index contributed by atoms with van der Waals surface area (Å²) in [6.45, 7) is 7.36. The normalized spacial score (nSPS) is 23.6. The average molecular weight is 361 g/mol. The molecule has 4 aromatic carbocycles. The van der Waals surface area contributed by atoms with Gasteiger partial charge in [-0.15, -0.1) is 0 Å². The van der Waals surface area contributed by atoms with Crippen LogP contribution in [0.25, 0.3) is 21.9 Å². The van der Waals surface area contributed by atoms with E-state index in [0.29, 0.717) is 5.92 Å². The van der Waals surface area contributed by atoms with E-state index >= 15 is 0 Å². The maximum absolute atomic E-state index is 2.47. The predicted octanol–water partition coefficient (Wildman–Crippen LogP) is 7.30. The smallest absolute Gasteiger partial charge is 0.0523 e. The van der Waals surface area contributed by atoms with Gasteiger partial charge in [0.1, 0.15) is 0 Å². The fraction of sp³-hybridized carbons (Fsp3) is 0.214. The van der Waals surface area contributed by atoms with Crippen LogP contribution in [-0.2, 0) is 5.41 Å². The highest BCUT2D eigenvalue weighted by molar-refractivity contribution is 6.04. The fourth-order valence-corrected chi connectivity index (χ4v) is 6.33. The predicted molar refractivity (Wildman–Crippen MR) is 118 cm³/mol. The third kappa shape index (κ3) is 1.60. The van der Waals surface area contributed by atoms with Gasteiger partial charge in [-0.2, -0.15) is 0 Å². The molecular weight excluding hydrogens is 336 g/mol. The highest BCUT2D eigenvalue weighted by Gasteiger charge is 2.60. The largest absolute Gasteiger partial charge is 0.0620 e. The Kier molecular flexibility index (Phi) is 2.96. The van der Waals surface area contributed by atoms with Gasteiger partial charge in [-0.05, 0) is 55.5 Å². The van der Waals surface area contributed by atoms with Crippen LogP contribution < -0.4 is 0 Å². The van der Waals surface area contributed by atoms with Crippen molar-refractivity contribution in [2.24, 2.45) is 5.41 Å². The van der Waals surface area contributed by atoms with E-state index in [4.69, 9.17) is 0 Å². The van der Waals surface area contributed by atoms with Crippen molar-refractivity contribution in [3.05, 3.63) is 107 Å². The lowest BCUT2D eigenvalue weighted by atomic mass is 9.53. The van der Waals surface area contributed by atoms with Gasteiger partial charge in [0.2, 0.25) is 0 Å². The van der Waals surface area contributed by atoms with Crippen molar-refractivity contribution < 1.29 is 0 Å². The SMILES string of the molecule is C[C@@H]1c2ccccc2C2(c3ccccc3-c3cccc4cccc2c34)C1(C)C. The number of hydrogen-bond donors (Lipinski definition) is 0.